The number of nitrogens with zero attached hydrogens (tertiary/aromatic N) is 4. The largest absolute Gasteiger partial charge is 0.374 e. The standard InChI is InChI=1S/C9H13N5OS2/c1-9(2,3)6-11-5(14-15-6)4-16-8-13-12-7(10)17-8/h4H2,1-3H3,(H2,10,12). The molecule has 2 heterocycles. The van der Waals surface area contributed by atoms with E-state index < -0.39 is 0 Å². The van der Waals surface area contributed by atoms with Crippen LogP contribution in [0.5, 0.6) is 0 Å². The summed E-state index contributed by atoms with van der Waals surface area (Å²) >= 11 is 2.85. The Morgan fingerprint density at radius 2 is 2.12 bits per heavy atom. The molecule has 0 atom stereocenters. The minimum Gasteiger partial charge on any atom is -0.374 e. The maximum absolute atomic E-state index is 5.49. The number of thioether (sulfide) groups is 1. The second-order valence-electron chi connectivity index (χ2n) is 4.46. The lowest BCUT2D eigenvalue weighted by molar-refractivity contribution is 0.319. The van der Waals surface area contributed by atoms with E-state index in [1.54, 1.807) is 0 Å². The summed E-state index contributed by atoms with van der Waals surface area (Å²) in [6.07, 6.45) is 0. The molecule has 0 amide bonds. The van der Waals surface area contributed by atoms with Gasteiger partial charge in [-0.3, -0.25) is 0 Å². The fraction of sp³-hybridized carbons (Fsp3) is 0.556. The zero-order chi connectivity index (χ0) is 12.5. The predicted octanol–water partition coefficient (Wildman–Crippen LogP) is 2.09. The summed E-state index contributed by atoms with van der Waals surface area (Å²) in [6.45, 7) is 6.09. The van der Waals surface area contributed by atoms with Gasteiger partial charge in [-0.15, -0.1) is 10.2 Å². The van der Waals surface area contributed by atoms with E-state index in [9.17, 15) is 0 Å². The molecule has 17 heavy (non-hydrogen) atoms. The molecule has 92 valence electrons. The Bertz CT molecular complexity index is 501. The van der Waals surface area contributed by atoms with Gasteiger partial charge in [-0.1, -0.05) is 49.0 Å². The molecule has 0 aromatic carbocycles. The lowest BCUT2D eigenvalue weighted by Gasteiger charge is -2.10. The number of hydrogen-bond acceptors (Lipinski definition) is 8. The molecule has 0 saturated carbocycles. The van der Waals surface area contributed by atoms with Gasteiger partial charge in [0, 0.05) is 5.41 Å². The monoisotopic (exact) mass is 271 g/mol. The Kier molecular flexibility index (Phi) is 3.34. The van der Waals surface area contributed by atoms with Crippen LogP contribution in [0.1, 0.15) is 32.5 Å². The quantitative estimate of drug-likeness (QED) is 0.855. The van der Waals surface area contributed by atoms with Gasteiger partial charge >= 0.3 is 0 Å². The topological polar surface area (TPSA) is 90.7 Å². The summed E-state index contributed by atoms with van der Waals surface area (Å²) in [6, 6.07) is 0. The highest BCUT2D eigenvalue weighted by Crippen LogP contribution is 2.27. The van der Waals surface area contributed by atoms with Gasteiger partial charge in [0.05, 0.1) is 5.75 Å². The van der Waals surface area contributed by atoms with E-state index in [1.807, 2.05) is 20.8 Å². The van der Waals surface area contributed by atoms with Crippen LogP contribution in [-0.4, -0.2) is 20.3 Å². The molecule has 0 unspecified atom stereocenters. The Balaban J connectivity index is 1.98. The smallest absolute Gasteiger partial charge is 0.232 e. The Morgan fingerprint density at radius 1 is 1.35 bits per heavy atom. The Morgan fingerprint density at radius 3 is 2.65 bits per heavy atom. The van der Waals surface area contributed by atoms with Crippen LogP contribution in [0.15, 0.2) is 8.86 Å². The molecule has 0 aliphatic rings. The molecule has 0 saturated heterocycles. The second-order valence-corrected chi connectivity index (χ2v) is 6.69. The third kappa shape index (κ3) is 3.16. The molecule has 0 aliphatic carbocycles. The average molecular weight is 271 g/mol. The van der Waals surface area contributed by atoms with Crippen molar-refractivity contribution in [2.75, 3.05) is 5.73 Å². The summed E-state index contributed by atoms with van der Waals surface area (Å²) in [7, 11) is 0. The summed E-state index contributed by atoms with van der Waals surface area (Å²) < 4.78 is 6.00. The fourth-order valence-corrected chi connectivity index (χ4v) is 2.50. The molecular formula is C9H13N5OS2. The zero-order valence-electron chi connectivity index (χ0n) is 9.80. The summed E-state index contributed by atoms with van der Waals surface area (Å²) in [5, 5.41) is 12.0. The number of aromatic nitrogens is 4. The van der Waals surface area contributed by atoms with E-state index >= 15 is 0 Å². The third-order valence-electron chi connectivity index (χ3n) is 1.86. The van der Waals surface area contributed by atoms with Gasteiger partial charge < -0.3 is 10.3 Å². The summed E-state index contributed by atoms with van der Waals surface area (Å²) in [4.78, 5) is 4.33. The molecule has 2 aromatic heterocycles. The van der Waals surface area contributed by atoms with Crippen LogP contribution in [0.2, 0.25) is 0 Å². The normalized spacial score (nSPS) is 11.9. The van der Waals surface area contributed by atoms with Gasteiger partial charge in [0.25, 0.3) is 0 Å². The fourth-order valence-electron chi connectivity index (χ4n) is 1.02. The van der Waals surface area contributed by atoms with E-state index in [4.69, 9.17) is 10.3 Å². The van der Waals surface area contributed by atoms with Gasteiger partial charge in [0.15, 0.2) is 10.2 Å². The molecule has 2 rings (SSSR count). The molecule has 2 N–H and O–H groups in total. The van der Waals surface area contributed by atoms with E-state index in [2.05, 4.69) is 20.3 Å². The lowest BCUT2D eigenvalue weighted by Crippen LogP contribution is -2.11. The molecule has 2 aromatic rings. The molecule has 0 fully saturated rings. The molecule has 0 spiro atoms. The van der Waals surface area contributed by atoms with Crippen molar-refractivity contribution in [1.29, 1.82) is 0 Å². The highest BCUT2D eigenvalue weighted by atomic mass is 32.2. The molecule has 0 bridgehead atoms. The zero-order valence-corrected chi connectivity index (χ0v) is 11.4. The van der Waals surface area contributed by atoms with E-state index in [0.717, 1.165) is 4.34 Å². The highest BCUT2D eigenvalue weighted by molar-refractivity contribution is 8.00. The maximum atomic E-state index is 5.49. The van der Waals surface area contributed by atoms with E-state index in [1.165, 1.54) is 23.1 Å². The summed E-state index contributed by atoms with van der Waals surface area (Å²) in [5.74, 6) is 1.91. The molecule has 0 radical (unpaired) electrons. The van der Waals surface area contributed by atoms with Crippen molar-refractivity contribution in [2.45, 2.75) is 36.3 Å². The van der Waals surface area contributed by atoms with Gasteiger partial charge in [0.2, 0.25) is 11.0 Å². The maximum Gasteiger partial charge on any atom is 0.232 e. The first-order valence-corrected chi connectivity index (χ1v) is 6.80. The van der Waals surface area contributed by atoms with Crippen molar-refractivity contribution in [3.05, 3.63) is 11.7 Å². The van der Waals surface area contributed by atoms with Crippen LogP contribution in [0.3, 0.4) is 0 Å². The van der Waals surface area contributed by atoms with Gasteiger partial charge in [-0.2, -0.15) is 4.98 Å². The van der Waals surface area contributed by atoms with Gasteiger partial charge in [0.1, 0.15) is 0 Å². The van der Waals surface area contributed by atoms with Crippen LogP contribution < -0.4 is 5.73 Å². The minimum absolute atomic E-state index is 0.122. The molecular weight excluding hydrogens is 258 g/mol. The van der Waals surface area contributed by atoms with E-state index in [0.29, 0.717) is 22.6 Å². The first-order valence-electron chi connectivity index (χ1n) is 5.00. The van der Waals surface area contributed by atoms with Crippen LogP contribution in [0.25, 0.3) is 0 Å². The number of nitrogen functional groups attached to an aromatic ring is 1. The Hall–Kier alpha value is -1.15. The van der Waals surface area contributed by atoms with Crippen LogP contribution in [-0.2, 0) is 11.2 Å². The third-order valence-corrected chi connectivity index (χ3v) is 3.74. The van der Waals surface area contributed by atoms with Gasteiger partial charge in [-0.05, 0) is 0 Å². The number of nitrogens with two attached hydrogens (primary N) is 1. The number of rotatable bonds is 3. The number of anilines is 1. The van der Waals surface area contributed by atoms with Crippen molar-refractivity contribution in [1.82, 2.24) is 20.3 Å². The minimum atomic E-state index is -0.122. The lowest BCUT2D eigenvalue weighted by atomic mass is 9.97. The highest BCUT2D eigenvalue weighted by Gasteiger charge is 2.21. The second kappa shape index (κ2) is 4.61. The van der Waals surface area contributed by atoms with Crippen molar-refractivity contribution in [3.8, 4) is 0 Å². The van der Waals surface area contributed by atoms with Crippen molar-refractivity contribution >= 4 is 28.2 Å². The predicted molar refractivity (Wildman–Crippen MR) is 66.9 cm³/mol. The molecule has 8 heteroatoms. The van der Waals surface area contributed by atoms with Gasteiger partial charge in [-0.25, -0.2) is 0 Å². The Labute approximate surface area is 107 Å². The number of hydrogen-bond donors (Lipinski definition) is 1. The average Bonchev–Trinajstić information content (AvgIpc) is 2.82. The van der Waals surface area contributed by atoms with Crippen molar-refractivity contribution in [3.63, 3.8) is 0 Å². The molecule has 6 nitrogen and oxygen atoms in total. The first kappa shape index (κ1) is 12.3. The molecule has 0 aliphatic heterocycles. The van der Waals surface area contributed by atoms with E-state index in [-0.39, 0.29) is 5.41 Å². The van der Waals surface area contributed by atoms with Crippen LogP contribution in [0.4, 0.5) is 5.13 Å². The van der Waals surface area contributed by atoms with Crippen molar-refractivity contribution in [2.24, 2.45) is 0 Å². The van der Waals surface area contributed by atoms with Crippen LogP contribution in [0, 0.1) is 0 Å². The van der Waals surface area contributed by atoms with Crippen molar-refractivity contribution < 1.29 is 4.52 Å². The summed E-state index contributed by atoms with van der Waals surface area (Å²) in [5.41, 5.74) is 5.37. The first-order chi connectivity index (χ1) is 7.95. The SMILES string of the molecule is CC(C)(C)c1nc(CSc2nnc(N)s2)no1. The van der Waals surface area contributed by atoms with Crippen LogP contribution >= 0.6 is 23.1 Å².